The van der Waals surface area contributed by atoms with E-state index in [1.54, 1.807) is 43.3 Å². The van der Waals surface area contributed by atoms with E-state index in [2.05, 4.69) is 23.9 Å². The summed E-state index contributed by atoms with van der Waals surface area (Å²) in [5.74, 6) is 0.0191. The van der Waals surface area contributed by atoms with Crippen LogP contribution in [0.2, 0.25) is 0 Å². The first-order valence-corrected chi connectivity index (χ1v) is 11.7. The van der Waals surface area contributed by atoms with Gasteiger partial charge in [-0.1, -0.05) is 56.3 Å². The average molecular weight is 437 g/mol. The van der Waals surface area contributed by atoms with Gasteiger partial charge in [-0.3, -0.25) is 9.52 Å². The van der Waals surface area contributed by atoms with Gasteiger partial charge in [-0.05, 0) is 66.8 Å². The molecule has 0 aliphatic heterocycles. The molecule has 6 heteroatoms. The highest BCUT2D eigenvalue weighted by Crippen LogP contribution is 2.26. The molecule has 162 valence electrons. The Morgan fingerprint density at radius 1 is 0.839 bits per heavy atom. The Morgan fingerprint density at radius 2 is 1.48 bits per heavy atom. The van der Waals surface area contributed by atoms with Crippen molar-refractivity contribution in [2.24, 2.45) is 5.92 Å². The smallest absolute Gasteiger partial charge is 0.261 e. The molecule has 0 fully saturated rings. The second kappa shape index (κ2) is 9.35. The molecule has 1 amide bonds. The zero-order valence-electron chi connectivity index (χ0n) is 18.2. The maximum Gasteiger partial charge on any atom is 0.261 e. The normalized spacial score (nSPS) is 12.4. The molecule has 2 N–H and O–H groups in total. The number of sulfonamides is 1. The minimum Gasteiger partial charge on any atom is -0.345 e. The zero-order chi connectivity index (χ0) is 22.6. The van der Waals surface area contributed by atoms with Crippen molar-refractivity contribution in [3.05, 3.63) is 95.1 Å². The summed E-state index contributed by atoms with van der Waals surface area (Å²) in [6, 6.07) is 21.1. The monoisotopic (exact) mass is 436 g/mol. The van der Waals surface area contributed by atoms with Gasteiger partial charge in [0, 0.05) is 5.56 Å². The first-order chi connectivity index (χ1) is 14.7. The summed E-state index contributed by atoms with van der Waals surface area (Å²) in [5.41, 5.74) is 3.82. The lowest BCUT2D eigenvalue weighted by Gasteiger charge is -2.25. The largest absolute Gasteiger partial charge is 0.345 e. The third kappa shape index (κ3) is 5.33. The minimum absolute atomic E-state index is 0.120. The van der Waals surface area contributed by atoms with Crippen molar-refractivity contribution in [1.82, 2.24) is 5.32 Å². The summed E-state index contributed by atoms with van der Waals surface area (Å²) < 4.78 is 27.8. The van der Waals surface area contributed by atoms with Crippen molar-refractivity contribution in [2.45, 2.75) is 38.6 Å². The van der Waals surface area contributed by atoms with E-state index in [-0.39, 0.29) is 22.8 Å². The van der Waals surface area contributed by atoms with Crippen molar-refractivity contribution in [3.63, 3.8) is 0 Å². The molecule has 0 saturated carbocycles. The number of aryl methyl sites for hydroxylation is 2. The van der Waals surface area contributed by atoms with Crippen molar-refractivity contribution < 1.29 is 13.2 Å². The Balaban J connectivity index is 1.80. The predicted octanol–water partition coefficient (Wildman–Crippen LogP) is 5.23. The Morgan fingerprint density at radius 3 is 2.10 bits per heavy atom. The van der Waals surface area contributed by atoms with Crippen LogP contribution in [0, 0.1) is 19.8 Å². The number of anilines is 1. The first-order valence-electron chi connectivity index (χ1n) is 10.2. The van der Waals surface area contributed by atoms with Gasteiger partial charge in [-0.2, -0.15) is 0 Å². The summed E-state index contributed by atoms with van der Waals surface area (Å²) in [6.45, 7) is 7.96. The highest BCUT2D eigenvalue weighted by molar-refractivity contribution is 7.92. The number of hydrogen-bond donors (Lipinski definition) is 2. The maximum atomic E-state index is 13.0. The van der Waals surface area contributed by atoms with Crippen LogP contribution >= 0.6 is 0 Å². The maximum absolute atomic E-state index is 13.0. The van der Waals surface area contributed by atoms with Gasteiger partial charge in [0.05, 0.1) is 16.6 Å². The Kier molecular flexibility index (Phi) is 6.81. The molecule has 0 spiro atoms. The average Bonchev–Trinajstić information content (AvgIpc) is 2.74. The molecule has 0 aliphatic rings. The van der Waals surface area contributed by atoms with E-state index in [4.69, 9.17) is 0 Å². The number of nitrogens with one attached hydrogen (secondary N) is 2. The number of hydrogen-bond acceptors (Lipinski definition) is 3. The molecule has 5 nitrogen and oxygen atoms in total. The predicted molar refractivity (Wildman–Crippen MR) is 125 cm³/mol. The fraction of sp³-hybridized carbons (Fsp3) is 0.240. The fourth-order valence-electron chi connectivity index (χ4n) is 3.49. The second-order valence-corrected chi connectivity index (χ2v) is 9.68. The van der Waals surface area contributed by atoms with E-state index in [1.807, 2.05) is 31.2 Å². The van der Waals surface area contributed by atoms with Crippen LogP contribution in [0.4, 0.5) is 5.69 Å². The van der Waals surface area contributed by atoms with Crippen molar-refractivity contribution in [1.29, 1.82) is 0 Å². The zero-order valence-corrected chi connectivity index (χ0v) is 19.0. The molecular formula is C25H28N2O3S. The van der Waals surface area contributed by atoms with Crippen LogP contribution < -0.4 is 10.0 Å². The SMILES string of the molecule is Cc1cc(C(=O)N[C@H](c2ccccc2C)C(C)C)ccc1NS(=O)(=O)c1ccccc1. The van der Waals surface area contributed by atoms with Gasteiger partial charge < -0.3 is 5.32 Å². The number of benzene rings is 3. The number of carbonyl (C=O) groups is 1. The molecule has 0 aromatic heterocycles. The van der Waals surface area contributed by atoms with Crippen molar-refractivity contribution >= 4 is 21.6 Å². The standard InChI is InChI=1S/C25H28N2O3S/c1-17(2)24(22-13-9-8-10-18(22)3)26-25(28)20-14-15-23(19(4)16-20)27-31(29,30)21-11-6-5-7-12-21/h5-17,24,27H,1-4H3,(H,26,28)/t24-/m0/s1. The van der Waals surface area contributed by atoms with Crippen LogP contribution in [0.1, 0.15) is 46.9 Å². The van der Waals surface area contributed by atoms with Crippen molar-refractivity contribution in [3.8, 4) is 0 Å². The molecule has 0 heterocycles. The highest BCUT2D eigenvalue weighted by atomic mass is 32.2. The van der Waals surface area contributed by atoms with Gasteiger partial charge in [0.1, 0.15) is 0 Å². The van der Waals surface area contributed by atoms with E-state index in [9.17, 15) is 13.2 Å². The van der Waals surface area contributed by atoms with Gasteiger partial charge in [0.15, 0.2) is 0 Å². The van der Waals surface area contributed by atoms with Gasteiger partial charge in [0.2, 0.25) is 0 Å². The molecule has 0 bridgehead atoms. The highest BCUT2D eigenvalue weighted by Gasteiger charge is 2.21. The fourth-order valence-corrected chi connectivity index (χ4v) is 4.64. The summed E-state index contributed by atoms with van der Waals surface area (Å²) in [5, 5.41) is 3.13. The van der Waals surface area contributed by atoms with Crippen molar-refractivity contribution in [2.75, 3.05) is 4.72 Å². The van der Waals surface area contributed by atoms with Gasteiger partial charge in [0.25, 0.3) is 15.9 Å². The quantitative estimate of drug-likeness (QED) is 0.532. The molecular weight excluding hydrogens is 408 g/mol. The number of carbonyl (C=O) groups excluding carboxylic acids is 1. The molecule has 31 heavy (non-hydrogen) atoms. The lowest BCUT2D eigenvalue weighted by molar-refractivity contribution is 0.0925. The van der Waals surface area contributed by atoms with E-state index >= 15 is 0 Å². The number of amides is 1. The van der Waals surface area contributed by atoms with Gasteiger partial charge in [-0.25, -0.2) is 8.42 Å². The second-order valence-electron chi connectivity index (χ2n) is 8.00. The minimum atomic E-state index is -3.69. The molecule has 0 saturated heterocycles. The van der Waals surface area contributed by atoms with E-state index in [0.717, 1.165) is 11.1 Å². The molecule has 3 rings (SSSR count). The lowest BCUT2D eigenvalue weighted by Crippen LogP contribution is -2.32. The third-order valence-corrected chi connectivity index (χ3v) is 6.64. The lowest BCUT2D eigenvalue weighted by atomic mass is 9.92. The number of rotatable bonds is 7. The van der Waals surface area contributed by atoms with Crippen LogP contribution in [0.15, 0.2) is 77.7 Å². The van der Waals surface area contributed by atoms with Crippen LogP contribution in [0.3, 0.4) is 0 Å². The first kappa shape index (κ1) is 22.6. The van der Waals surface area contributed by atoms with E-state index in [1.165, 1.54) is 12.1 Å². The molecule has 3 aromatic carbocycles. The summed E-state index contributed by atoms with van der Waals surface area (Å²) in [4.78, 5) is 13.2. The molecule has 1 atom stereocenters. The van der Waals surface area contributed by atoms with E-state index < -0.39 is 10.0 Å². The van der Waals surface area contributed by atoms with Crippen LogP contribution in [-0.2, 0) is 10.0 Å². The van der Waals surface area contributed by atoms with Gasteiger partial charge in [-0.15, -0.1) is 0 Å². The molecule has 0 aliphatic carbocycles. The van der Waals surface area contributed by atoms with Crippen LogP contribution in [0.5, 0.6) is 0 Å². The van der Waals surface area contributed by atoms with Gasteiger partial charge >= 0.3 is 0 Å². The molecule has 0 unspecified atom stereocenters. The summed E-state index contributed by atoms with van der Waals surface area (Å²) >= 11 is 0. The van der Waals surface area contributed by atoms with E-state index in [0.29, 0.717) is 16.8 Å². The Bertz CT molecular complexity index is 1170. The Labute approximate surface area is 184 Å². The third-order valence-electron chi connectivity index (χ3n) is 5.26. The van der Waals surface area contributed by atoms with Crippen LogP contribution in [-0.4, -0.2) is 14.3 Å². The van der Waals surface area contributed by atoms with Crippen LogP contribution in [0.25, 0.3) is 0 Å². The molecule has 3 aromatic rings. The Hall–Kier alpha value is -3.12. The summed E-state index contributed by atoms with van der Waals surface area (Å²) in [7, 11) is -3.69. The summed E-state index contributed by atoms with van der Waals surface area (Å²) in [6.07, 6.45) is 0. The molecule has 0 radical (unpaired) electrons. The topological polar surface area (TPSA) is 75.3 Å².